The van der Waals surface area contributed by atoms with E-state index in [2.05, 4.69) is 58.0 Å². The van der Waals surface area contributed by atoms with E-state index in [1.54, 1.807) is 0 Å². The Balaban J connectivity index is 2.10. The van der Waals surface area contributed by atoms with Crippen LogP contribution in [0.5, 0.6) is 0 Å². The first-order chi connectivity index (χ1) is 9.97. The second-order valence-electron chi connectivity index (χ2n) is 6.27. The number of carbonyl (C=O) groups is 1. The van der Waals surface area contributed by atoms with Crippen molar-refractivity contribution in [2.75, 3.05) is 13.2 Å². The predicted molar refractivity (Wildman–Crippen MR) is 85.3 cm³/mol. The van der Waals surface area contributed by atoms with E-state index in [0.717, 1.165) is 12.0 Å². The Kier molecular flexibility index (Phi) is 5.05. The van der Waals surface area contributed by atoms with Gasteiger partial charge in [0.1, 0.15) is 6.61 Å². The van der Waals surface area contributed by atoms with Gasteiger partial charge in [0.25, 0.3) is 0 Å². The van der Waals surface area contributed by atoms with Crippen LogP contribution in [0.2, 0.25) is 0 Å². The summed E-state index contributed by atoms with van der Waals surface area (Å²) in [7, 11) is 0. The smallest absolute Gasteiger partial charge is 0.410 e. The fourth-order valence-electron chi connectivity index (χ4n) is 2.69. The molecule has 1 aromatic carbocycles. The first-order valence-corrected chi connectivity index (χ1v) is 7.64. The number of rotatable bonds is 5. The van der Waals surface area contributed by atoms with Crippen LogP contribution in [0.1, 0.15) is 43.0 Å². The highest BCUT2D eigenvalue weighted by atomic mass is 16.6. The summed E-state index contributed by atoms with van der Waals surface area (Å²) in [6, 6.07) is 6.46. The Morgan fingerprint density at radius 2 is 1.90 bits per heavy atom. The van der Waals surface area contributed by atoms with Crippen molar-refractivity contribution in [3.05, 3.63) is 47.0 Å². The van der Waals surface area contributed by atoms with Gasteiger partial charge in [0, 0.05) is 6.54 Å². The van der Waals surface area contributed by atoms with E-state index in [0.29, 0.717) is 19.1 Å². The largest absolute Gasteiger partial charge is 0.447 e. The lowest BCUT2D eigenvalue weighted by Gasteiger charge is -2.21. The second-order valence-corrected chi connectivity index (χ2v) is 6.27. The summed E-state index contributed by atoms with van der Waals surface area (Å²) >= 11 is 0. The van der Waals surface area contributed by atoms with E-state index in [1.807, 2.05) is 4.90 Å². The van der Waals surface area contributed by atoms with Crippen molar-refractivity contribution < 1.29 is 9.53 Å². The number of hydrogen-bond acceptors (Lipinski definition) is 2. The van der Waals surface area contributed by atoms with E-state index in [9.17, 15) is 4.79 Å². The second kappa shape index (κ2) is 6.79. The third-order valence-electron chi connectivity index (χ3n) is 3.68. The van der Waals surface area contributed by atoms with Crippen LogP contribution in [-0.4, -0.2) is 24.1 Å². The fraction of sp³-hybridized carbons (Fsp3) is 0.500. The summed E-state index contributed by atoms with van der Waals surface area (Å²) < 4.78 is 5.24. The van der Waals surface area contributed by atoms with Crippen LogP contribution >= 0.6 is 0 Å². The first-order valence-electron chi connectivity index (χ1n) is 7.64. The molecule has 3 nitrogen and oxygen atoms in total. The molecule has 114 valence electrons. The first kappa shape index (κ1) is 15.6. The Labute approximate surface area is 127 Å². The van der Waals surface area contributed by atoms with Crippen molar-refractivity contribution in [1.29, 1.82) is 0 Å². The lowest BCUT2D eigenvalue weighted by molar-refractivity contribution is 0.160. The molecule has 1 aromatic rings. The predicted octanol–water partition coefficient (Wildman–Crippen LogP) is 4.40. The average molecular weight is 287 g/mol. The van der Waals surface area contributed by atoms with E-state index >= 15 is 0 Å². The zero-order chi connectivity index (χ0) is 15.4. The lowest BCUT2D eigenvalue weighted by Crippen LogP contribution is -2.27. The van der Waals surface area contributed by atoms with Crippen LogP contribution in [-0.2, 0) is 4.74 Å². The molecule has 1 heterocycles. The standard InChI is InChI=1S/C18H25NO2/c1-13(2)7-5-6-8-19-17(12-21-18(19)20)16-10-14(3)9-15(4)11-16/h5-6,9-11,13,17H,7-8,12H2,1-4H3/t17-/m0/s1. The SMILES string of the molecule is Cc1cc(C)cc([C@@H]2COC(=O)N2CC=CCC(C)C)c1. The molecule has 0 spiro atoms. The zero-order valence-corrected chi connectivity index (χ0v) is 13.4. The van der Waals surface area contributed by atoms with Gasteiger partial charge in [-0.1, -0.05) is 55.3 Å². The van der Waals surface area contributed by atoms with Gasteiger partial charge in [0.2, 0.25) is 0 Å². The maximum atomic E-state index is 11.9. The molecule has 21 heavy (non-hydrogen) atoms. The molecule has 0 radical (unpaired) electrons. The van der Waals surface area contributed by atoms with Crippen molar-refractivity contribution >= 4 is 6.09 Å². The molecule has 0 aromatic heterocycles. The number of amides is 1. The Hall–Kier alpha value is -1.77. The topological polar surface area (TPSA) is 29.5 Å². The molecule has 1 aliphatic heterocycles. The van der Waals surface area contributed by atoms with Crippen molar-refractivity contribution in [2.24, 2.45) is 5.92 Å². The number of allylic oxidation sites excluding steroid dienone is 1. The maximum Gasteiger partial charge on any atom is 0.410 e. The molecule has 1 saturated heterocycles. The molecule has 0 unspecified atom stereocenters. The van der Waals surface area contributed by atoms with Crippen LogP contribution in [0.25, 0.3) is 0 Å². The van der Waals surface area contributed by atoms with E-state index in [-0.39, 0.29) is 12.1 Å². The molecule has 1 atom stereocenters. The molecule has 1 aliphatic rings. The number of cyclic esters (lactones) is 1. The molecule has 0 bridgehead atoms. The fourth-order valence-corrected chi connectivity index (χ4v) is 2.69. The van der Waals surface area contributed by atoms with Crippen LogP contribution in [0.15, 0.2) is 30.4 Å². The number of carbonyl (C=O) groups excluding carboxylic acids is 1. The number of hydrogen-bond donors (Lipinski definition) is 0. The summed E-state index contributed by atoms with van der Waals surface area (Å²) in [5.74, 6) is 0.641. The average Bonchev–Trinajstić information content (AvgIpc) is 2.75. The number of nitrogens with zero attached hydrogens (tertiary/aromatic N) is 1. The minimum Gasteiger partial charge on any atom is -0.447 e. The highest BCUT2D eigenvalue weighted by molar-refractivity contribution is 5.70. The van der Waals surface area contributed by atoms with Gasteiger partial charge >= 0.3 is 6.09 Å². The van der Waals surface area contributed by atoms with Crippen LogP contribution in [0.3, 0.4) is 0 Å². The monoisotopic (exact) mass is 287 g/mol. The molecule has 0 saturated carbocycles. The molecule has 0 N–H and O–H groups in total. The van der Waals surface area contributed by atoms with Crippen molar-refractivity contribution in [3.63, 3.8) is 0 Å². The summed E-state index contributed by atoms with van der Waals surface area (Å²) in [5, 5.41) is 0. The van der Waals surface area contributed by atoms with Gasteiger partial charge < -0.3 is 4.74 Å². The summed E-state index contributed by atoms with van der Waals surface area (Å²) in [6.45, 7) is 9.60. The molecule has 0 aliphatic carbocycles. The molecule has 3 heteroatoms. The van der Waals surface area contributed by atoms with Gasteiger partial charge in [-0.3, -0.25) is 4.90 Å². The van der Waals surface area contributed by atoms with Crippen LogP contribution in [0.4, 0.5) is 4.79 Å². The molecule has 2 rings (SSSR count). The Bertz CT molecular complexity index is 514. The van der Waals surface area contributed by atoms with Crippen LogP contribution < -0.4 is 0 Å². The van der Waals surface area contributed by atoms with Crippen molar-refractivity contribution in [2.45, 2.75) is 40.2 Å². The van der Waals surface area contributed by atoms with Gasteiger partial charge in [-0.25, -0.2) is 4.79 Å². The maximum absolute atomic E-state index is 11.9. The third-order valence-corrected chi connectivity index (χ3v) is 3.68. The normalized spacial score (nSPS) is 18.8. The van der Waals surface area contributed by atoms with Crippen molar-refractivity contribution in [1.82, 2.24) is 4.90 Å². The quantitative estimate of drug-likeness (QED) is 0.751. The summed E-state index contributed by atoms with van der Waals surface area (Å²) in [5.41, 5.74) is 3.61. The molecule has 1 fully saturated rings. The highest BCUT2D eigenvalue weighted by Gasteiger charge is 2.33. The van der Waals surface area contributed by atoms with Gasteiger partial charge in [-0.05, 0) is 31.7 Å². The number of ether oxygens (including phenoxy) is 1. The minimum absolute atomic E-state index is 0.0276. The number of benzene rings is 1. The number of aryl methyl sites for hydroxylation is 2. The van der Waals surface area contributed by atoms with Gasteiger partial charge in [-0.2, -0.15) is 0 Å². The Morgan fingerprint density at radius 1 is 1.24 bits per heavy atom. The van der Waals surface area contributed by atoms with Gasteiger partial charge in [0.15, 0.2) is 0 Å². The summed E-state index contributed by atoms with van der Waals surface area (Å²) in [6.07, 6.45) is 5.04. The van der Waals surface area contributed by atoms with E-state index in [4.69, 9.17) is 4.74 Å². The molecular formula is C18H25NO2. The molecular weight excluding hydrogens is 262 g/mol. The lowest BCUT2D eigenvalue weighted by atomic mass is 10.0. The molecule has 1 amide bonds. The van der Waals surface area contributed by atoms with Gasteiger partial charge in [0.05, 0.1) is 6.04 Å². The summed E-state index contributed by atoms with van der Waals surface area (Å²) in [4.78, 5) is 13.7. The highest BCUT2D eigenvalue weighted by Crippen LogP contribution is 2.28. The van der Waals surface area contributed by atoms with Crippen LogP contribution in [0, 0.1) is 19.8 Å². The van der Waals surface area contributed by atoms with Gasteiger partial charge in [-0.15, -0.1) is 0 Å². The Morgan fingerprint density at radius 3 is 2.52 bits per heavy atom. The van der Waals surface area contributed by atoms with Crippen molar-refractivity contribution in [3.8, 4) is 0 Å². The third kappa shape index (κ3) is 4.10. The minimum atomic E-state index is -0.214. The zero-order valence-electron chi connectivity index (χ0n) is 13.4. The van der Waals surface area contributed by atoms with E-state index < -0.39 is 0 Å². The van der Waals surface area contributed by atoms with E-state index in [1.165, 1.54) is 11.1 Å².